The van der Waals surface area contributed by atoms with E-state index in [0.717, 1.165) is 35.2 Å². The van der Waals surface area contributed by atoms with Crippen LogP contribution in [0.15, 0.2) is 71.8 Å². The van der Waals surface area contributed by atoms with Crippen LogP contribution in [0.5, 0.6) is 0 Å². The molecule has 180 valence electrons. The van der Waals surface area contributed by atoms with E-state index < -0.39 is 10.0 Å². The van der Waals surface area contributed by atoms with Crippen LogP contribution >= 0.6 is 11.3 Å². The van der Waals surface area contributed by atoms with Crippen molar-refractivity contribution in [3.63, 3.8) is 0 Å². The molecule has 7 nitrogen and oxygen atoms in total. The number of thiazole rings is 1. The number of aromatic nitrogens is 2. The van der Waals surface area contributed by atoms with E-state index in [2.05, 4.69) is 24.0 Å². The van der Waals surface area contributed by atoms with E-state index in [4.69, 9.17) is 4.98 Å². The third kappa shape index (κ3) is 4.84. The van der Waals surface area contributed by atoms with Crippen molar-refractivity contribution in [1.82, 2.24) is 14.3 Å². The third-order valence-corrected chi connectivity index (χ3v) is 9.13. The van der Waals surface area contributed by atoms with Crippen molar-refractivity contribution in [3.05, 3.63) is 83.7 Å². The summed E-state index contributed by atoms with van der Waals surface area (Å²) in [5.41, 5.74) is 3.19. The van der Waals surface area contributed by atoms with Crippen LogP contribution < -0.4 is 4.90 Å². The van der Waals surface area contributed by atoms with Crippen LogP contribution in [-0.4, -0.2) is 41.7 Å². The van der Waals surface area contributed by atoms with Crippen molar-refractivity contribution >= 4 is 42.6 Å². The molecule has 0 bridgehead atoms. The SMILES string of the molecule is CCc1ccc2nc(N(Cc3ccccn3)C(=O)c3ccc(S(=O)(=O)N4CCCC4)cc3)sc2c1. The summed E-state index contributed by atoms with van der Waals surface area (Å²) in [5, 5.41) is 0.581. The lowest BCUT2D eigenvalue weighted by Crippen LogP contribution is -2.31. The predicted octanol–water partition coefficient (Wildman–Crippen LogP) is 4.89. The van der Waals surface area contributed by atoms with E-state index in [1.807, 2.05) is 24.3 Å². The normalized spacial score (nSPS) is 14.4. The van der Waals surface area contributed by atoms with Crippen molar-refractivity contribution in [2.24, 2.45) is 0 Å². The van der Waals surface area contributed by atoms with Gasteiger partial charge in [-0.25, -0.2) is 13.4 Å². The van der Waals surface area contributed by atoms with Crippen molar-refractivity contribution in [2.75, 3.05) is 18.0 Å². The number of carbonyl (C=O) groups is 1. The van der Waals surface area contributed by atoms with Gasteiger partial charge in [0.15, 0.2) is 5.13 Å². The highest BCUT2D eigenvalue weighted by Gasteiger charge is 2.28. The summed E-state index contributed by atoms with van der Waals surface area (Å²) in [6, 6.07) is 17.9. The molecule has 0 radical (unpaired) electrons. The summed E-state index contributed by atoms with van der Waals surface area (Å²) in [6.07, 6.45) is 4.37. The Balaban J connectivity index is 1.48. The van der Waals surface area contributed by atoms with Crippen LogP contribution in [0, 0.1) is 0 Å². The highest BCUT2D eigenvalue weighted by Crippen LogP contribution is 2.32. The molecule has 0 aliphatic carbocycles. The van der Waals surface area contributed by atoms with Gasteiger partial charge in [0, 0.05) is 24.8 Å². The molecular formula is C26H26N4O3S2. The highest BCUT2D eigenvalue weighted by atomic mass is 32.2. The molecule has 0 N–H and O–H groups in total. The maximum atomic E-state index is 13.7. The number of nitrogens with zero attached hydrogens (tertiary/aromatic N) is 4. The lowest BCUT2D eigenvalue weighted by Gasteiger charge is -2.20. The summed E-state index contributed by atoms with van der Waals surface area (Å²) in [5.74, 6) is -0.254. The van der Waals surface area contributed by atoms with E-state index in [9.17, 15) is 13.2 Å². The zero-order chi connectivity index (χ0) is 24.4. The largest absolute Gasteiger partial charge is 0.278 e. The Morgan fingerprint density at radius 3 is 2.51 bits per heavy atom. The van der Waals surface area contributed by atoms with Crippen molar-refractivity contribution in [3.8, 4) is 0 Å². The summed E-state index contributed by atoms with van der Waals surface area (Å²) < 4.78 is 28.3. The van der Waals surface area contributed by atoms with Gasteiger partial charge in [-0.1, -0.05) is 30.4 Å². The minimum absolute atomic E-state index is 0.208. The summed E-state index contributed by atoms with van der Waals surface area (Å²) >= 11 is 1.47. The molecule has 2 aromatic heterocycles. The molecule has 9 heteroatoms. The highest BCUT2D eigenvalue weighted by molar-refractivity contribution is 7.89. The lowest BCUT2D eigenvalue weighted by atomic mass is 10.2. The number of fused-ring (bicyclic) bond motifs is 1. The Morgan fingerprint density at radius 1 is 1.06 bits per heavy atom. The fraction of sp³-hybridized carbons (Fsp3) is 0.269. The Labute approximate surface area is 209 Å². The number of aryl methyl sites for hydroxylation is 1. The fourth-order valence-corrected chi connectivity index (χ4v) is 6.72. The standard InChI is InChI=1S/C26H26N4O3S2/c1-2-19-8-13-23-24(17-19)34-26(28-23)30(18-21-7-3-4-14-27-21)25(31)20-9-11-22(12-10-20)35(32,33)29-15-5-6-16-29/h3-4,7-14,17H,2,5-6,15-16,18H2,1H3. The van der Waals surface area contributed by atoms with Gasteiger partial charge < -0.3 is 0 Å². The molecule has 1 aliphatic heterocycles. The van der Waals surface area contributed by atoms with Gasteiger partial charge in [0.25, 0.3) is 5.91 Å². The third-order valence-electron chi connectivity index (χ3n) is 6.18. The fourth-order valence-electron chi connectivity index (χ4n) is 4.18. The second-order valence-corrected chi connectivity index (χ2v) is 11.4. The zero-order valence-corrected chi connectivity index (χ0v) is 21.1. The van der Waals surface area contributed by atoms with E-state index in [1.54, 1.807) is 23.2 Å². The molecule has 1 fully saturated rings. The van der Waals surface area contributed by atoms with E-state index in [0.29, 0.717) is 23.8 Å². The predicted molar refractivity (Wildman–Crippen MR) is 138 cm³/mol. The maximum Gasteiger partial charge on any atom is 0.260 e. The molecule has 3 heterocycles. The first kappa shape index (κ1) is 23.6. The number of pyridine rings is 1. The van der Waals surface area contributed by atoms with Crippen LogP contribution in [0.4, 0.5) is 5.13 Å². The van der Waals surface area contributed by atoms with Gasteiger partial charge in [-0.05, 0) is 73.4 Å². The zero-order valence-electron chi connectivity index (χ0n) is 19.4. The summed E-state index contributed by atoms with van der Waals surface area (Å²) in [7, 11) is -3.54. The number of sulfonamides is 1. The van der Waals surface area contributed by atoms with Gasteiger partial charge in [-0.15, -0.1) is 0 Å². The van der Waals surface area contributed by atoms with Crippen LogP contribution in [-0.2, 0) is 23.0 Å². The number of rotatable bonds is 7. The average Bonchev–Trinajstić information content (AvgIpc) is 3.58. The Hall–Kier alpha value is -3.14. The Bertz CT molecular complexity index is 1450. The maximum absolute atomic E-state index is 13.7. The first-order valence-corrected chi connectivity index (χ1v) is 13.9. The molecular weight excluding hydrogens is 480 g/mol. The summed E-state index contributed by atoms with van der Waals surface area (Å²) in [6.45, 7) is 3.44. The van der Waals surface area contributed by atoms with Gasteiger partial charge in [0.05, 0.1) is 27.4 Å². The van der Waals surface area contributed by atoms with Crippen LogP contribution in [0.1, 0.15) is 41.4 Å². The second-order valence-electron chi connectivity index (χ2n) is 8.50. The molecule has 35 heavy (non-hydrogen) atoms. The molecule has 2 aromatic carbocycles. The molecule has 0 saturated carbocycles. The van der Waals surface area contributed by atoms with Crippen molar-refractivity contribution < 1.29 is 13.2 Å². The smallest absolute Gasteiger partial charge is 0.260 e. The number of amides is 1. The molecule has 0 unspecified atom stereocenters. The number of anilines is 1. The molecule has 0 atom stereocenters. The summed E-state index contributed by atoms with van der Waals surface area (Å²) in [4.78, 5) is 24.6. The van der Waals surface area contributed by atoms with Gasteiger partial charge in [-0.3, -0.25) is 14.7 Å². The molecule has 5 rings (SSSR count). The number of carbonyl (C=O) groups excluding carboxylic acids is 1. The molecule has 1 aliphatic rings. The van der Waals surface area contributed by atoms with E-state index >= 15 is 0 Å². The van der Waals surface area contributed by atoms with E-state index in [-0.39, 0.29) is 17.3 Å². The van der Waals surface area contributed by atoms with Gasteiger partial charge in [-0.2, -0.15) is 4.31 Å². The van der Waals surface area contributed by atoms with Gasteiger partial charge >= 0.3 is 0 Å². The molecule has 4 aromatic rings. The number of hydrogen-bond donors (Lipinski definition) is 0. The van der Waals surface area contributed by atoms with Crippen LogP contribution in [0.25, 0.3) is 10.2 Å². The Morgan fingerprint density at radius 2 is 1.83 bits per heavy atom. The number of benzene rings is 2. The lowest BCUT2D eigenvalue weighted by molar-refractivity contribution is 0.0984. The van der Waals surface area contributed by atoms with Crippen molar-refractivity contribution in [1.29, 1.82) is 0 Å². The van der Waals surface area contributed by atoms with E-state index in [1.165, 1.54) is 33.3 Å². The number of hydrogen-bond acceptors (Lipinski definition) is 6. The quantitative estimate of drug-likeness (QED) is 0.357. The minimum atomic E-state index is -3.54. The minimum Gasteiger partial charge on any atom is -0.278 e. The second kappa shape index (κ2) is 9.85. The first-order valence-electron chi connectivity index (χ1n) is 11.7. The topological polar surface area (TPSA) is 83.5 Å². The van der Waals surface area contributed by atoms with Gasteiger partial charge in [0.1, 0.15) is 0 Å². The van der Waals surface area contributed by atoms with Crippen LogP contribution in [0.3, 0.4) is 0 Å². The average molecular weight is 507 g/mol. The Kier molecular flexibility index (Phi) is 6.64. The molecule has 1 amide bonds. The van der Waals surface area contributed by atoms with Gasteiger partial charge in [0.2, 0.25) is 10.0 Å². The molecule has 1 saturated heterocycles. The van der Waals surface area contributed by atoms with Crippen LogP contribution in [0.2, 0.25) is 0 Å². The first-order chi connectivity index (χ1) is 17.0. The van der Waals surface area contributed by atoms with Crippen molar-refractivity contribution in [2.45, 2.75) is 37.6 Å². The molecule has 0 spiro atoms. The monoisotopic (exact) mass is 506 g/mol.